The Morgan fingerprint density at radius 3 is 2.82 bits per heavy atom. The summed E-state index contributed by atoms with van der Waals surface area (Å²) in [4.78, 5) is 25.3. The molecule has 7 nitrogen and oxygen atoms in total. The molecule has 8 heteroatoms. The second-order valence-electron chi connectivity index (χ2n) is 9.70. The van der Waals surface area contributed by atoms with Crippen molar-refractivity contribution >= 4 is 17.1 Å². The zero-order chi connectivity index (χ0) is 23.3. The van der Waals surface area contributed by atoms with Gasteiger partial charge in [-0.3, -0.25) is 9.69 Å². The van der Waals surface area contributed by atoms with Crippen molar-refractivity contribution in [2.45, 2.75) is 65.0 Å². The van der Waals surface area contributed by atoms with Crippen LogP contribution < -0.4 is 4.74 Å². The highest BCUT2D eigenvalue weighted by molar-refractivity contribution is 7.15. The molecule has 0 N–H and O–H groups in total. The van der Waals surface area contributed by atoms with E-state index in [9.17, 15) is 4.79 Å². The molecule has 3 aromatic rings. The number of ether oxygens (including phenoxy) is 1. The number of hydrogen-bond acceptors (Lipinski definition) is 7. The molecular formula is C25H31N5O2S. The fourth-order valence-electron chi connectivity index (χ4n) is 4.72. The van der Waals surface area contributed by atoms with Gasteiger partial charge in [-0.1, -0.05) is 13.0 Å². The van der Waals surface area contributed by atoms with E-state index >= 15 is 0 Å². The van der Waals surface area contributed by atoms with Gasteiger partial charge in [0.2, 0.25) is 0 Å². The molecule has 5 rings (SSSR count). The molecule has 33 heavy (non-hydrogen) atoms. The van der Waals surface area contributed by atoms with Crippen molar-refractivity contribution in [1.82, 2.24) is 24.6 Å². The third-order valence-electron chi connectivity index (χ3n) is 6.95. The number of rotatable bonds is 6. The number of carbonyl (C=O) groups is 1. The molecular weight excluding hydrogens is 434 g/mol. The van der Waals surface area contributed by atoms with E-state index < -0.39 is 5.54 Å². The zero-order valence-electron chi connectivity index (χ0n) is 20.0. The minimum absolute atomic E-state index is 0.226. The van der Waals surface area contributed by atoms with Crippen LogP contribution >= 0.6 is 11.3 Å². The van der Waals surface area contributed by atoms with Crippen LogP contribution in [-0.2, 0) is 11.2 Å². The van der Waals surface area contributed by atoms with Crippen LogP contribution in [0.25, 0.3) is 22.1 Å². The summed E-state index contributed by atoms with van der Waals surface area (Å²) in [7, 11) is 0. The molecule has 0 spiro atoms. The molecule has 2 aliphatic rings. The molecule has 0 amide bonds. The molecule has 0 unspecified atom stereocenters. The maximum atomic E-state index is 12.3. The third-order valence-corrected chi connectivity index (χ3v) is 8.06. The maximum absolute atomic E-state index is 12.3. The van der Waals surface area contributed by atoms with Crippen LogP contribution in [0.4, 0.5) is 0 Å². The van der Waals surface area contributed by atoms with Crippen LogP contribution in [-0.4, -0.2) is 55.7 Å². The first-order chi connectivity index (χ1) is 15.8. The number of benzene rings is 1. The summed E-state index contributed by atoms with van der Waals surface area (Å²) in [6, 6.07) is 6.75. The highest BCUT2D eigenvalue weighted by Gasteiger charge is 2.41. The lowest BCUT2D eigenvalue weighted by Crippen LogP contribution is -2.59. The second kappa shape index (κ2) is 8.33. The number of nitrogens with zero attached hydrogens (tertiary/aromatic N) is 5. The first-order valence-corrected chi connectivity index (χ1v) is 12.6. The lowest BCUT2D eigenvalue weighted by atomic mass is 9.83. The summed E-state index contributed by atoms with van der Waals surface area (Å²) in [6.07, 6.45) is 3.01. The normalized spacial score (nSPS) is 16.7. The van der Waals surface area contributed by atoms with Gasteiger partial charge < -0.3 is 4.74 Å². The monoisotopic (exact) mass is 465 g/mol. The molecule has 4 heterocycles. The van der Waals surface area contributed by atoms with E-state index in [0.717, 1.165) is 47.3 Å². The summed E-state index contributed by atoms with van der Waals surface area (Å²) in [5.74, 6) is 2.43. The largest absolute Gasteiger partial charge is 0.492 e. The molecule has 0 bridgehead atoms. The van der Waals surface area contributed by atoms with Gasteiger partial charge in [-0.15, -0.1) is 11.3 Å². The minimum Gasteiger partial charge on any atom is -0.492 e. The average Bonchev–Trinajstić information content (AvgIpc) is 3.36. The highest BCUT2D eigenvalue weighted by Crippen LogP contribution is 2.42. The van der Waals surface area contributed by atoms with Crippen LogP contribution in [0.15, 0.2) is 24.5 Å². The lowest BCUT2D eigenvalue weighted by molar-refractivity contribution is -0.132. The second-order valence-corrected chi connectivity index (χ2v) is 10.8. The van der Waals surface area contributed by atoms with Crippen LogP contribution in [0.3, 0.4) is 0 Å². The molecule has 2 aromatic heterocycles. The number of Topliss-reactive ketones (excluding diaryl/α,β-unsaturated/α-hetero) is 1. The number of fused-ring (bicyclic) bond motifs is 3. The van der Waals surface area contributed by atoms with Gasteiger partial charge in [-0.2, -0.15) is 5.10 Å². The Kier molecular flexibility index (Phi) is 5.61. The summed E-state index contributed by atoms with van der Waals surface area (Å²) in [5, 5.41) is 5.27. The molecule has 0 aliphatic carbocycles. The van der Waals surface area contributed by atoms with Crippen molar-refractivity contribution in [3.63, 3.8) is 0 Å². The van der Waals surface area contributed by atoms with Gasteiger partial charge in [-0.25, -0.2) is 14.6 Å². The maximum Gasteiger partial charge on any atom is 0.187 e. The van der Waals surface area contributed by atoms with Gasteiger partial charge in [0.25, 0.3) is 0 Å². The van der Waals surface area contributed by atoms with Crippen LogP contribution in [0, 0.1) is 0 Å². The van der Waals surface area contributed by atoms with Gasteiger partial charge in [0.15, 0.2) is 16.6 Å². The molecule has 0 saturated carbocycles. The standard InChI is InChI=1S/C25H31N5O2S/c1-6-21(31)25(4,5)29-12-17(13-29)16-7-8-18-19(11-16)32-10-9-20-22(18)28-24(33-20)23-26-14-27-30(23)15(2)3/h7-8,11,14-15,17H,6,9-10,12-13H2,1-5H3. The predicted octanol–water partition coefficient (Wildman–Crippen LogP) is 4.74. The van der Waals surface area contributed by atoms with Gasteiger partial charge in [-0.05, 0) is 45.4 Å². The van der Waals surface area contributed by atoms with Crippen molar-refractivity contribution < 1.29 is 9.53 Å². The Hall–Kier alpha value is -2.58. The summed E-state index contributed by atoms with van der Waals surface area (Å²) >= 11 is 1.68. The van der Waals surface area contributed by atoms with Crippen molar-refractivity contribution in [2.75, 3.05) is 19.7 Å². The molecule has 174 valence electrons. The molecule has 0 radical (unpaired) electrons. The molecule has 1 fully saturated rings. The van der Waals surface area contributed by atoms with Crippen molar-refractivity contribution in [3.8, 4) is 27.8 Å². The van der Waals surface area contributed by atoms with Crippen LogP contribution in [0.5, 0.6) is 5.75 Å². The van der Waals surface area contributed by atoms with Crippen molar-refractivity contribution in [3.05, 3.63) is 35.0 Å². The number of thiazole rings is 1. The number of ketones is 1. The number of likely N-dealkylation sites (tertiary alicyclic amines) is 1. The van der Waals surface area contributed by atoms with E-state index in [-0.39, 0.29) is 6.04 Å². The average molecular weight is 466 g/mol. The molecule has 1 aromatic carbocycles. The number of aromatic nitrogens is 4. The van der Waals surface area contributed by atoms with E-state index in [2.05, 4.69) is 47.0 Å². The molecule has 2 aliphatic heterocycles. The first-order valence-electron chi connectivity index (χ1n) is 11.7. The minimum atomic E-state index is -0.393. The Labute approximate surface area is 198 Å². The lowest BCUT2D eigenvalue weighted by Gasteiger charge is -2.48. The van der Waals surface area contributed by atoms with Gasteiger partial charge >= 0.3 is 0 Å². The third kappa shape index (κ3) is 3.79. The fourth-order valence-corrected chi connectivity index (χ4v) is 5.77. The zero-order valence-corrected chi connectivity index (χ0v) is 20.8. The summed E-state index contributed by atoms with van der Waals surface area (Å²) in [5.41, 5.74) is 2.91. The van der Waals surface area contributed by atoms with E-state index in [4.69, 9.17) is 9.72 Å². The number of hydrogen-bond donors (Lipinski definition) is 0. The Morgan fingerprint density at radius 2 is 2.09 bits per heavy atom. The Morgan fingerprint density at radius 1 is 1.30 bits per heavy atom. The van der Waals surface area contributed by atoms with Gasteiger partial charge in [0, 0.05) is 48.3 Å². The quantitative estimate of drug-likeness (QED) is 0.523. The van der Waals surface area contributed by atoms with E-state index in [0.29, 0.717) is 24.7 Å². The fraction of sp³-hybridized carbons (Fsp3) is 0.520. The van der Waals surface area contributed by atoms with Crippen molar-refractivity contribution in [2.24, 2.45) is 0 Å². The van der Waals surface area contributed by atoms with Crippen LogP contribution in [0.1, 0.15) is 63.4 Å². The topological polar surface area (TPSA) is 73.1 Å². The van der Waals surface area contributed by atoms with Gasteiger partial charge in [0.1, 0.15) is 12.1 Å². The smallest absolute Gasteiger partial charge is 0.187 e. The highest BCUT2D eigenvalue weighted by atomic mass is 32.1. The van der Waals surface area contributed by atoms with E-state index in [1.54, 1.807) is 17.7 Å². The first kappa shape index (κ1) is 22.2. The van der Waals surface area contributed by atoms with Crippen LogP contribution in [0.2, 0.25) is 0 Å². The predicted molar refractivity (Wildman–Crippen MR) is 130 cm³/mol. The van der Waals surface area contributed by atoms with Crippen molar-refractivity contribution in [1.29, 1.82) is 0 Å². The van der Waals surface area contributed by atoms with Gasteiger partial charge in [0.05, 0.1) is 17.8 Å². The summed E-state index contributed by atoms with van der Waals surface area (Å²) < 4.78 is 8.08. The number of carbonyl (C=O) groups excluding carboxylic acids is 1. The van der Waals surface area contributed by atoms with E-state index in [1.165, 1.54) is 10.4 Å². The molecule has 1 saturated heterocycles. The molecule has 0 atom stereocenters. The van der Waals surface area contributed by atoms with E-state index in [1.807, 2.05) is 25.5 Å². The summed E-state index contributed by atoms with van der Waals surface area (Å²) in [6.45, 7) is 12.6. The SMILES string of the molecule is CCC(=O)C(C)(C)N1CC(c2ccc3c(c2)OCCc2sc(-c4ncnn4C(C)C)nc2-3)C1. The Balaban J connectivity index is 1.41. The Bertz CT molecular complexity index is 1190.